The highest BCUT2D eigenvalue weighted by atomic mass is 16.5. The molecule has 0 aliphatic rings. The van der Waals surface area contributed by atoms with Crippen molar-refractivity contribution in [1.82, 2.24) is 15.8 Å². The van der Waals surface area contributed by atoms with Crippen LogP contribution in [0.15, 0.2) is 62.7 Å². The van der Waals surface area contributed by atoms with Crippen LogP contribution in [0.3, 0.4) is 0 Å². The van der Waals surface area contributed by atoms with Crippen LogP contribution in [0.25, 0.3) is 0 Å². The summed E-state index contributed by atoms with van der Waals surface area (Å²) in [4.78, 5) is 16.3. The van der Waals surface area contributed by atoms with E-state index in [4.69, 9.17) is 8.94 Å². The molecule has 0 aliphatic carbocycles. The fourth-order valence-electron chi connectivity index (χ4n) is 3.20. The van der Waals surface area contributed by atoms with Crippen molar-refractivity contribution in [3.8, 4) is 0 Å². The van der Waals surface area contributed by atoms with Gasteiger partial charge in [0.25, 0.3) is 5.91 Å². The molecule has 31 heavy (non-hydrogen) atoms. The Balaban J connectivity index is 1.46. The van der Waals surface area contributed by atoms with Gasteiger partial charge in [-0.15, -0.1) is 0 Å². The lowest BCUT2D eigenvalue weighted by Gasteiger charge is -2.11. The van der Waals surface area contributed by atoms with Crippen molar-refractivity contribution >= 4 is 17.6 Å². The smallest absolute Gasteiger partial charge is 0.291 e. The van der Waals surface area contributed by atoms with Gasteiger partial charge >= 0.3 is 0 Å². The number of anilines is 1. The van der Waals surface area contributed by atoms with Gasteiger partial charge in [0.05, 0.1) is 18.5 Å². The number of carbonyl (C=O) groups excluding carboxylic acids is 1. The average Bonchev–Trinajstić information content (AvgIpc) is 3.49. The van der Waals surface area contributed by atoms with E-state index in [2.05, 4.69) is 39.9 Å². The van der Waals surface area contributed by atoms with Gasteiger partial charge in [0, 0.05) is 31.3 Å². The van der Waals surface area contributed by atoms with Crippen LogP contribution in [0.1, 0.15) is 60.2 Å². The SMILES string of the molecule is CCC(CC)c1cc(CNC(=NC)NCc2ccc(NC(=O)c3ccco3)cc2)on1. The number of rotatable bonds is 9. The van der Waals surface area contributed by atoms with Crippen LogP contribution in [0.5, 0.6) is 0 Å². The second-order valence-electron chi connectivity index (χ2n) is 7.14. The maximum Gasteiger partial charge on any atom is 0.291 e. The first-order valence-electron chi connectivity index (χ1n) is 10.5. The number of aromatic nitrogens is 1. The average molecular weight is 424 g/mol. The van der Waals surface area contributed by atoms with Crippen molar-refractivity contribution in [1.29, 1.82) is 0 Å². The second-order valence-corrected chi connectivity index (χ2v) is 7.14. The van der Waals surface area contributed by atoms with Gasteiger partial charge in [0.1, 0.15) is 0 Å². The molecule has 2 aromatic heterocycles. The molecular formula is C23H29N5O3. The molecule has 0 atom stereocenters. The third-order valence-corrected chi connectivity index (χ3v) is 5.05. The summed E-state index contributed by atoms with van der Waals surface area (Å²) in [5.74, 6) is 1.87. The summed E-state index contributed by atoms with van der Waals surface area (Å²) in [6.07, 6.45) is 3.56. The molecule has 8 heteroatoms. The standard InChI is InChI=1S/C23H29N5O3/c1-4-17(5-2)20-13-19(31-28-20)15-26-23(24-3)25-14-16-8-10-18(11-9-16)27-22(29)21-7-6-12-30-21/h6-13,17H,4-5,14-15H2,1-3H3,(H,27,29)(H2,24,25,26). The van der Waals surface area contributed by atoms with E-state index in [0.717, 1.165) is 29.9 Å². The Kier molecular flexibility index (Phi) is 7.86. The summed E-state index contributed by atoms with van der Waals surface area (Å²) >= 11 is 0. The number of nitrogens with one attached hydrogen (secondary N) is 3. The molecule has 0 unspecified atom stereocenters. The zero-order valence-electron chi connectivity index (χ0n) is 18.1. The second kappa shape index (κ2) is 11.0. The molecule has 3 N–H and O–H groups in total. The monoisotopic (exact) mass is 423 g/mol. The molecule has 0 saturated heterocycles. The molecule has 8 nitrogen and oxygen atoms in total. The predicted octanol–water partition coefficient (Wildman–Crippen LogP) is 4.29. The van der Waals surface area contributed by atoms with Crippen LogP contribution >= 0.6 is 0 Å². The number of benzene rings is 1. The molecule has 3 aromatic rings. The molecule has 0 radical (unpaired) electrons. The summed E-state index contributed by atoms with van der Waals surface area (Å²) in [7, 11) is 1.72. The molecule has 0 spiro atoms. The molecule has 1 aromatic carbocycles. The number of guanidine groups is 1. The van der Waals surface area contributed by atoms with Crippen molar-refractivity contribution in [3.63, 3.8) is 0 Å². The largest absolute Gasteiger partial charge is 0.459 e. The Morgan fingerprint density at radius 1 is 1.10 bits per heavy atom. The van der Waals surface area contributed by atoms with Gasteiger partial charge in [-0.2, -0.15) is 0 Å². The maximum atomic E-state index is 12.0. The van der Waals surface area contributed by atoms with Crippen LogP contribution in [-0.2, 0) is 13.1 Å². The highest BCUT2D eigenvalue weighted by Gasteiger charge is 2.13. The zero-order valence-corrected chi connectivity index (χ0v) is 18.1. The van der Waals surface area contributed by atoms with E-state index in [1.807, 2.05) is 30.3 Å². The number of hydrogen-bond acceptors (Lipinski definition) is 5. The Morgan fingerprint density at radius 2 is 1.84 bits per heavy atom. The maximum absolute atomic E-state index is 12.0. The summed E-state index contributed by atoms with van der Waals surface area (Å²) in [5, 5.41) is 13.5. The molecular weight excluding hydrogens is 394 g/mol. The van der Waals surface area contributed by atoms with Crippen molar-refractivity contribution < 1.29 is 13.7 Å². The van der Waals surface area contributed by atoms with Gasteiger partial charge in [-0.05, 0) is 42.7 Å². The van der Waals surface area contributed by atoms with E-state index in [-0.39, 0.29) is 11.7 Å². The summed E-state index contributed by atoms with van der Waals surface area (Å²) in [6, 6.07) is 12.9. The van der Waals surface area contributed by atoms with E-state index < -0.39 is 0 Å². The molecule has 164 valence electrons. The van der Waals surface area contributed by atoms with Gasteiger partial charge in [0.2, 0.25) is 0 Å². The molecule has 0 bridgehead atoms. The predicted molar refractivity (Wildman–Crippen MR) is 120 cm³/mol. The van der Waals surface area contributed by atoms with E-state index in [1.165, 1.54) is 6.26 Å². The minimum atomic E-state index is -0.278. The lowest BCUT2D eigenvalue weighted by atomic mass is 9.99. The third-order valence-electron chi connectivity index (χ3n) is 5.05. The lowest BCUT2D eigenvalue weighted by molar-refractivity contribution is 0.0996. The number of hydrogen-bond donors (Lipinski definition) is 3. The molecule has 2 heterocycles. The summed E-state index contributed by atoms with van der Waals surface area (Å²) < 4.78 is 10.5. The number of aliphatic imine (C=N–C) groups is 1. The number of amides is 1. The number of furan rings is 1. The van der Waals surface area contributed by atoms with Crippen molar-refractivity contribution in [2.45, 2.75) is 45.7 Å². The van der Waals surface area contributed by atoms with Gasteiger partial charge in [-0.1, -0.05) is 31.1 Å². The summed E-state index contributed by atoms with van der Waals surface area (Å²) in [5.41, 5.74) is 2.75. The van der Waals surface area contributed by atoms with E-state index >= 15 is 0 Å². The number of carbonyl (C=O) groups is 1. The van der Waals surface area contributed by atoms with Crippen LogP contribution < -0.4 is 16.0 Å². The van der Waals surface area contributed by atoms with Crippen LogP contribution in [0.4, 0.5) is 5.69 Å². The summed E-state index contributed by atoms with van der Waals surface area (Å²) in [6.45, 7) is 5.41. The van der Waals surface area contributed by atoms with E-state index in [1.54, 1.807) is 19.2 Å². The lowest BCUT2D eigenvalue weighted by Crippen LogP contribution is -2.36. The Hall–Kier alpha value is -3.55. The van der Waals surface area contributed by atoms with Crippen molar-refractivity contribution in [2.75, 3.05) is 12.4 Å². The molecule has 0 aliphatic heterocycles. The van der Waals surface area contributed by atoms with Gasteiger partial charge < -0.3 is 24.9 Å². The fraction of sp³-hybridized carbons (Fsp3) is 0.348. The van der Waals surface area contributed by atoms with Crippen molar-refractivity contribution in [2.24, 2.45) is 4.99 Å². The Morgan fingerprint density at radius 3 is 2.48 bits per heavy atom. The Labute approximate surface area is 182 Å². The first-order valence-corrected chi connectivity index (χ1v) is 10.5. The minimum absolute atomic E-state index is 0.277. The zero-order chi connectivity index (χ0) is 22.1. The molecule has 0 saturated carbocycles. The van der Waals surface area contributed by atoms with Gasteiger partial charge in [-0.3, -0.25) is 9.79 Å². The van der Waals surface area contributed by atoms with Crippen LogP contribution in [0.2, 0.25) is 0 Å². The van der Waals surface area contributed by atoms with Crippen LogP contribution in [0, 0.1) is 0 Å². The normalized spacial score (nSPS) is 11.5. The van der Waals surface area contributed by atoms with E-state index in [9.17, 15) is 4.79 Å². The topological polar surface area (TPSA) is 105 Å². The first-order chi connectivity index (χ1) is 15.1. The third kappa shape index (κ3) is 6.21. The van der Waals surface area contributed by atoms with Crippen molar-refractivity contribution in [3.05, 3.63) is 71.5 Å². The minimum Gasteiger partial charge on any atom is -0.459 e. The quantitative estimate of drug-likeness (QED) is 0.350. The molecule has 1 amide bonds. The highest BCUT2D eigenvalue weighted by Crippen LogP contribution is 2.22. The van der Waals surface area contributed by atoms with Crippen LogP contribution in [-0.4, -0.2) is 24.1 Å². The van der Waals surface area contributed by atoms with Gasteiger partial charge in [-0.25, -0.2) is 0 Å². The van der Waals surface area contributed by atoms with E-state index in [0.29, 0.717) is 30.7 Å². The highest BCUT2D eigenvalue weighted by molar-refractivity contribution is 6.02. The van der Waals surface area contributed by atoms with Gasteiger partial charge in [0.15, 0.2) is 17.5 Å². The molecule has 0 fully saturated rings. The number of nitrogens with zero attached hydrogens (tertiary/aromatic N) is 2. The molecule has 3 rings (SSSR count). The Bertz CT molecular complexity index is 973. The fourth-order valence-corrected chi connectivity index (χ4v) is 3.20. The first kappa shape index (κ1) is 22.1.